The van der Waals surface area contributed by atoms with Gasteiger partial charge in [0.15, 0.2) is 0 Å². The fraction of sp³-hybridized carbons (Fsp3) is 0.167. The van der Waals surface area contributed by atoms with E-state index in [0.29, 0.717) is 5.15 Å². The molecule has 17 heavy (non-hydrogen) atoms. The number of nitrogens with two attached hydrogens (primary N) is 1. The van der Waals surface area contributed by atoms with E-state index in [4.69, 9.17) is 28.9 Å². The van der Waals surface area contributed by atoms with E-state index in [9.17, 15) is 0 Å². The Morgan fingerprint density at radius 2 is 1.76 bits per heavy atom. The summed E-state index contributed by atoms with van der Waals surface area (Å²) < 4.78 is 0. The summed E-state index contributed by atoms with van der Waals surface area (Å²) in [7, 11) is 0. The first-order valence-electron chi connectivity index (χ1n) is 4.96. The normalized spacial score (nSPS) is 9.41. The zero-order chi connectivity index (χ0) is 12.8. The van der Waals surface area contributed by atoms with Gasteiger partial charge >= 0.3 is 0 Å². The number of nitrogens with zero attached hydrogens (tertiary/aromatic N) is 2. The van der Waals surface area contributed by atoms with Gasteiger partial charge < -0.3 is 5.73 Å². The summed E-state index contributed by atoms with van der Waals surface area (Å²) in [6, 6.07) is 7.50. The lowest BCUT2D eigenvalue weighted by Crippen LogP contribution is -1.86. The van der Waals surface area contributed by atoms with Crippen molar-refractivity contribution in [1.82, 2.24) is 9.97 Å². The second kappa shape index (κ2) is 6.42. The van der Waals surface area contributed by atoms with E-state index in [0.717, 1.165) is 5.69 Å². The maximum atomic E-state index is 5.53. The van der Waals surface area contributed by atoms with Crippen molar-refractivity contribution in [2.45, 2.75) is 13.8 Å². The van der Waals surface area contributed by atoms with Crippen molar-refractivity contribution in [2.24, 2.45) is 0 Å². The number of nitrogen functional groups attached to an aromatic ring is 1. The Balaban J connectivity index is 0.000000171. The zero-order valence-corrected chi connectivity index (χ0v) is 11.1. The van der Waals surface area contributed by atoms with Gasteiger partial charge in [0.1, 0.15) is 5.15 Å². The highest BCUT2D eigenvalue weighted by Gasteiger charge is 1.89. The van der Waals surface area contributed by atoms with E-state index < -0.39 is 0 Å². The summed E-state index contributed by atoms with van der Waals surface area (Å²) in [6.07, 6.45) is 1.50. The molecule has 2 aromatic rings. The van der Waals surface area contributed by atoms with Crippen LogP contribution < -0.4 is 5.73 Å². The number of benzene rings is 1. The molecule has 1 aromatic carbocycles. The van der Waals surface area contributed by atoms with Gasteiger partial charge in [-0.05, 0) is 54.8 Å². The van der Waals surface area contributed by atoms with Crippen LogP contribution in [0.1, 0.15) is 11.1 Å². The predicted octanol–water partition coefficient (Wildman–Crippen LogP) is 3.67. The van der Waals surface area contributed by atoms with Crippen LogP contribution in [0.5, 0.6) is 0 Å². The summed E-state index contributed by atoms with van der Waals surface area (Å²) in [5.74, 6) is 0. The van der Waals surface area contributed by atoms with E-state index in [1.165, 1.54) is 17.3 Å². The average molecular weight is 270 g/mol. The molecule has 0 saturated carbocycles. The fourth-order valence-electron chi connectivity index (χ4n) is 1.08. The van der Waals surface area contributed by atoms with Crippen molar-refractivity contribution in [3.63, 3.8) is 0 Å². The van der Waals surface area contributed by atoms with Gasteiger partial charge in [-0.25, -0.2) is 9.97 Å². The van der Waals surface area contributed by atoms with Crippen LogP contribution in [0.25, 0.3) is 0 Å². The van der Waals surface area contributed by atoms with Gasteiger partial charge in [-0.2, -0.15) is 0 Å². The predicted molar refractivity (Wildman–Crippen MR) is 72.4 cm³/mol. The topological polar surface area (TPSA) is 51.8 Å². The second-order valence-corrected chi connectivity index (χ2v) is 4.22. The van der Waals surface area contributed by atoms with Gasteiger partial charge in [0.05, 0.1) is 0 Å². The minimum atomic E-state index is 0.178. The number of aromatic nitrogens is 2. The largest absolute Gasteiger partial charge is 0.399 e. The summed E-state index contributed by atoms with van der Waals surface area (Å²) in [5, 5.41) is 0.544. The smallest absolute Gasteiger partial charge is 0.223 e. The molecule has 0 aliphatic heterocycles. The van der Waals surface area contributed by atoms with E-state index in [1.807, 2.05) is 18.2 Å². The fourth-order valence-corrected chi connectivity index (χ4v) is 1.41. The van der Waals surface area contributed by atoms with Crippen molar-refractivity contribution in [3.05, 3.63) is 52.0 Å². The summed E-state index contributed by atoms with van der Waals surface area (Å²) in [5.41, 5.74) is 8.93. The number of hydrogen-bond donors (Lipinski definition) is 1. The molecule has 0 bridgehead atoms. The molecule has 0 fully saturated rings. The highest BCUT2D eigenvalue weighted by atomic mass is 35.5. The first-order chi connectivity index (χ1) is 7.99. The van der Waals surface area contributed by atoms with Crippen molar-refractivity contribution in [1.29, 1.82) is 0 Å². The molecule has 3 nitrogen and oxygen atoms in total. The Bertz CT molecular complexity index is 484. The molecule has 0 aliphatic rings. The Labute approximate surface area is 111 Å². The molecule has 0 amide bonds. The molecule has 0 saturated heterocycles. The van der Waals surface area contributed by atoms with E-state index in [-0.39, 0.29) is 5.28 Å². The maximum absolute atomic E-state index is 5.53. The molecule has 0 atom stereocenters. The van der Waals surface area contributed by atoms with Crippen LogP contribution in [0.2, 0.25) is 10.4 Å². The van der Waals surface area contributed by atoms with Crippen molar-refractivity contribution >= 4 is 28.9 Å². The van der Waals surface area contributed by atoms with Gasteiger partial charge in [0.25, 0.3) is 0 Å². The van der Waals surface area contributed by atoms with Gasteiger partial charge in [-0.1, -0.05) is 17.7 Å². The lowest BCUT2D eigenvalue weighted by atomic mass is 10.1. The van der Waals surface area contributed by atoms with Crippen molar-refractivity contribution < 1.29 is 0 Å². The van der Waals surface area contributed by atoms with Crippen LogP contribution in [0.4, 0.5) is 5.69 Å². The van der Waals surface area contributed by atoms with Crippen LogP contribution in [0.15, 0.2) is 30.5 Å². The minimum Gasteiger partial charge on any atom is -0.399 e. The molecule has 0 aliphatic carbocycles. The number of halogens is 2. The van der Waals surface area contributed by atoms with Gasteiger partial charge in [-0.3, -0.25) is 0 Å². The number of rotatable bonds is 0. The molecule has 0 unspecified atom stereocenters. The van der Waals surface area contributed by atoms with Crippen LogP contribution in [0.3, 0.4) is 0 Å². The van der Waals surface area contributed by atoms with Gasteiger partial charge in [0, 0.05) is 11.9 Å². The molecule has 1 aromatic heterocycles. The van der Waals surface area contributed by atoms with Crippen LogP contribution >= 0.6 is 23.2 Å². The van der Waals surface area contributed by atoms with E-state index in [2.05, 4.69) is 23.8 Å². The number of hydrogen-bond acceptors (Lipinski definition) is 3. The Hall–Kier alpha value is -1.32. The third-order valence-corrected chi connectivity index (χ3v) is 2.52. The average Bonchev–Trinajstić information content (AvgIpc) is 2.24. The molecular weight excluding hydrogens is 257 g/mol. The maximum Gasteiger partial charge on any atom is 0.223 e. The first-order valence-corrected chi connectivity index (χ1v) is 5.71. The monoisotopic (exact) mass is 269 g/mol. The van der Waals surface area contributed by atoms with Crippen molar-refractivity contribution in [3.8, 4) is 0 Å². The standard InChI is InChI=1S/C8H11N.C4H2Cl2N2/c1-6-3-4-8(9)5-7(6)2;5-3-1-2-7-4(6)8-3/h3-5H,9H2,1-2H3;1-2H. The van der Waals surface area contributed by atoms with Crippen LogP contribution in [-0.2, 0) is 0 Å². The van der Waals surface area contributed by atoms with Crippen LogP contribution in [0, 0.1) is 13.8 Å². The second-order valence-electron chi connectivity index (χ2n) is 3.49. The lowest BCUT2D eigenvalue weighted by Gasteiger charge is -1.98. The molecule has 1 heterocycles. The summed E-state index contributed by atoms with van der Waals surface area (Å²) >= 11 is 10.7. The van der Waals surface area contributed by atoms with Gasteiger partial charge in [-0.15, -0.1) is 0 Å². The SMILES string of the molecule is Cc1ccc(N)cc1C.Clc1ccnc(Cl)n1. The number of aryl methyl sites for hydroxylation is 2. The van der Waals surface area contributed by atoms with E-state index in [1.54, 1.807) is 6.07 Å². The Kier molecular flexibility index (Phi) is 5.19. The highest BCUT2D eigenvalue weighted by molar-refractivity contribution is 6.31. The highest BCUT2D eigenvalue weighted by Crippen LogP contribution is 2.09. The molecule has 2 N–H and O–H groups in total. The third-order valence-electron chi connectivity index (χ3n) is 2.12. The zero-order valence-electron chi connectivity index (χ0n) is 9.61. The number of anilines is 1. The molecule has 5 heteroatoms. The minimum absolute atomic E-state index is 0.178. The third kappa shape index (κ3) is 5.02. The summed E-state index contributed by atoms with van der Waals surface area (Å²) in [4.78, 5) is 7.20. The first kappa shape index (κ1) is 13.7. The quantitative estimate of drug-likeness (QED) is 0.451. The lowest BCUT2D eigenvalue weighted by molar-refractivity contribution is 1.17. The molecule has 0 radical (unpaired) electrons. The Morgan fingerprint density at radius 1 is 1.06 bits per heavy atom. The van der Waals surface area contributed by atoms with Gasteiger partial charge in [0.2, 0.25) is 5.28 Å². The molecule has 2 rings (SSSR count). The molecule has 90 valence electrons. The molecule has 0 spiro atoms. The van der Waals surface area contributed by atoms with E-state index >= 15 is 0 Å². The van der Waals surface area contributed by atoms with Crippen LogP contribution in [-0.4, -0.2) is 9.97 Å². The molecular formula is C12H13Cl2N3. The van der Waals surface area contributed by atoms with Crippen molar-refractivity contribution in [2.75, 3.05) is 5.73 Å². The summed E-state index contributed by atoms with van der Waals surface area (Å²) in [6.45, 7) is 4.14. The Morgan fingerprint density at radius 3 is 2.18 bits per heavy atom.